The number of benzene rings is 2. The van der Waals surface area contributed by atoms with E-state index >= 15 is 0 Å². The molecule has 0 saturated carbocycles. The first kappa shape index (κ1) is 32.6. The number of amides is 3. The van der Waals surface area contributed by atoms with E-state index in [9.17, 15) is 40.7 Å². The van der Waals surface area contributed by atoms with Gasteiger partial charge in [0.2, 0.25) is 11.8 Å². The maximum Gasteiger partial charge on any atom is 0.416 e. The molecule has 2 aliphatic heterocycles. The SMILES string of the molecule is CC(=O)N1CCC(C(=O)N2CCC(N(C)C(=O)c3cc(C(F)(F)F)cc(C(F)(F)F)c3)C(c3ccc(Cl)c(C)c3)C2)CC1. The van der Waals surface area contributed by atoms with Gasteiger partial charge in [-0.25, -0.2) is 0 Å². The third-order valence-corrected chi connectivity index (χ3v) is 8.86. The van der Waals surface area contributed by atoms with Gasteiger partial charge in [-0.15, -0.1) is 0 Å². The molecule has 13 heteroatoms. The number of aryl methyl sites for hydroxylation is 1. The zero-order chi connectivity index (χ0) is 31.9. The predicted molar refractivity (Wildman–Crippen MR) is 147 cm³/mol. The van der Waals surface area contributed by atoms with E-state index < -0.39 is 46.9 Å². The second-order valence-corrected chi connectivity index (χ2v) is 11.7. The van der Waals surface area contributed by atoms with Gasteiger partial charge >= 0.3 is 12.4 Å². The minimum Gasteiger partial charge on any atom is -0.343 e. The summed E-state index contributed by atoms with van der Waals surface area (Å²) in [5, 5.41) is 0.495. The number of likely N-dealkylation sites (tertiary alicyclic amines) is 2. The third-order valence-electron chi connectivity index (χ3n) is 8.44. The fourth-order valence-corrected chi connectivity index (χ4v) is 6.08. The molecule has 4 rings (SSSR count). The van der Waals surface area contributed by atoms with Crippen LogP contribution in [0, 0.1) is 12.8 Å². The quantitative estimate of drug-likeness (QED) is 0.367. The largest absolute Gasteiger partial charge is 0.416 e. The molecule has 2 fully saturated rings. The van der Waals surface area contributed by atoms with Crippen LogP contribution in [0.25, 0.3) is 0 Å². The van der Waals surface area contributed by atoms with Crippen molar-refractivity contribution in [1.82, 2.24) is 14.7 Å². The van der Waals surface area contributed by atoms with Gasteiger partial charge in [0.15, 0.2) is 0 Å². The first-order valence-electron chi connectivity index (χ1n) is 13.8. The van der Waals surface area contributed by atoms with Gasteiger partial charge in [0.05, 0.1) is 11.1 Å². The molecular formula is C30H32ClF6N3O3. The van der Waals surface area contributed by atoms with Crippen molar-refractivity contribution in [2.45, 2.75) is 57.4 Å². The van der Waals surface area contributed by atoms with E-state index in [1.165, 1.54) is 18.9 Å². The van der Waals surface area contributed by atoms with Crippen LogP contribution < -0.4 is 0 Å². The summed E-state index contributed by atoms with van der Waals surface area (Å²) in [6.45, 7) is 4.63. The zero-order valence-electron chi connectivity index (χ0n) is 23.9. The summed E-state index contributed by atoms with van der Waals surface area (Å²) in [6.07, 6.45) is -8.91. The lowest BCUT2D eigenvalue weighted by Gasteiger charge is -2.44. The highest BCUT2D eigenvalue weighted by molar-refractivity contribution is 6.31. The zero-order valence-corrected chi connectivity index (χ0v) is 24.6. The molecule has 0 spiro atoms. The highest BCUT2D eigenvalue weighted by atomic mass is 35.5. The van der Waals surface area contributed by atoms with Crippen LogP contribution in [0.5, 0.6) is 0 Å². The van der Waals surface area contributed by atoms with E-state index in [0.717, 1.165) is 11.1 Å². The number of halogens is 7. The summed E-state index contributed by atoms with van der Waals surface area (Å²) in [7, 11) is 1.35. The van der Waals surface area contributed by atoms with Gasteiger partial charge in [-0.2, -0.15) is 26.3 Å². The summed E-state index contributed by atoms with van der Waals surface area (Å²) in [5.41, 5.74) is -2.40. The van der Waals surface area contributed by atoms with Gasteiger partial charge in [-0.1, -0.05) is 23.7 Å². The molecule has 2 heterocycles. The minimum atomic E-state index is -5.09. The molecule has 2 atom stereocenters. The van der Waals surface area contributed by atoms with Gasteiger partial charge in [-0.05, 0) is 61.6 Å². The molecule has 2 saturated heterocycles. The van der Waals surface area contributed by atoms with Crippen molar-refractivity contribution in [1.29, 1.82) is 0 Å². The Bertz CT molecular complexity index is 1360. The van der Waals surface area contributed by atoms with Crippen LogP contribution in [0.3, 0.4) is 0 Å². The number of hydrogen-bond donors (Lipinski definition) is 0. The second-order valence-electron chi connectivity index (χ2n) is 11.2. The van der Waals surface area contributed by atoms with Crippen LogP contribution in [-0.4, -0.2) is 71.7 Å². The number of carbonyl (C=O) groups is 3. The van der Waals surface area contributed by atoms with Crippen LogP contribution in [0.15, 0.2) is 36.4 Å². The van der Waals surface area contributed by atoms with E-state index in [-0.39, 0.29) is 43.3 Å². The van der Waals surface area contributed by atoms with Crippen LogP contribution in [0.2, 0.25) is 5.02 Å². The standard InChI is InChI=1S/C30H32ClF6N3O3/c1-17-12-20(4-5-25(17)31)24-16-40(28(43)19-6-9-39(10-7-19)18(2)41)11-8-26(24)38(3)27(42)21-13-22(29(32,33)34)15-23(14-21)30(35,36)37/h4-5,12-15,19,24,26H,6-11,16H2,1-3H3. The molecule has 2 aromatic carbocycles. The van der Waals surface area contributed by atoms with Gasteiger partial charge in [0.1, 0.15) is 0 Å². The lowest BCUT2D eigenvalue weighted by molar-refractivity contribution is -0.143. The maximum atomic E-state index is 13.5. The molecule has 2 aliphatic rings. The molecule has 6 nitrogen and oxygen atoms in total. The lowest BCUT2D eigenvalue weighted by Crippen LogP contribution is -2.53. The van der Waals surface area contributed by atoms with E-state index in [4.69, 9.17) is 11.6 Å². The van der Waals surface area contributed by atoms with Crippen molar-refractivity contribution in [2.75, 3.05) is 33.2 Å². The van der Waals surface area contributed by atoms with Crippen LogP contribution in [0.4, 0.5) is 26.3 Å². The smallest absolute Gasteiger partial charge is 0.343 e. The van der Waals surface area contributed by atoms with Crippen molar-refractivity contribution in [2.24, 2.45) is 5.92 Å². The number of carbonyl (C=O) groups excluding carboxylic acids is 3. The Hall–Kier alpha value is -3.28. The predicted octanol–water partition coefficient (Wildman–Crippen LogP) is 6.40. The minimum absolute atomic E-state index is 0.0128. The molecule has 2 unspecified atom stereocenters. The maximum absolute atomic E-state index is 13.5. The van der Waals surface area contributed by atoms with Gasteiger partial charge < -0.3 is 14.7 Å². The molecule has 0 radical (unpaired) electrons. The first-order chi connectivity index (χ1) is 20.0. The van der Waals surface area contributed by atoms with E-state index in [1.807, 2.05) is 6.07 Å². The fourth-order valence-electron chi connectivity index (χ4n) is 5.96. The highest BCUT2D eigenvalue weighted by Crippen LogP contribution is 2.38. The van der Waals surface area contributed by atoms with Crippen LogP contribution >= 0.6 is 11.6 Å². The molecule has 234 valence electrons. The Kier molecular flexibility index (Phi) is 9.39. The van der Waals surface area contributed by atoms with Crippen molar-refractivity contribution >= 4 is 29.3 Å². The normalized spacial score (nSPS) is 20.2. The molecule has 0 aromatic heterocycles. The number of nitrogens with zero attached hydrogens (tertiary/aromatic N) is 3. The topological polar surface area (TPSA) is 60.9 Å². The van der Waals surface area contributed by atoms with Gasteiger partial charge in [0.25, 0.3) is 5.91 Å². The Morgan fingerprint density at radius 3 is 1.93 bits per heavy atom. The number of hydrogen-bond acceptors (Lipinski definition) is 3. The Balaban J connectivity index is 1.63. The Morgan fingerprint density at radius 1 is 0.860 bits per heavy atom. The molecule has 43 heavy (non-hydrogen) atoms. The number of rotatable bonds is 4. The lowest BCUT2D eigenvalue weighted by atomic mass is 9.83. The first-order valence-corrected chi connectivity index (χ1v) is 14.2. The molecule has 2 aromatic rings. The Labute approximate surface area is 250 Å². The van der Waals surface area contributed by atoms with Crippen molar-refractivity contribution < 1.29 is 40.7 Å². The van der Waals surface area contributed by atoms with Crippen molar-refractivity contribution in [3.8, 4) is 0 Å². The number of likely N-dealkylation sites (N-methyl/N-ethyl adjacent to an activating group) is 1. The third kappa shape index (κ3) is 7.27. The van der Waals surface area contributed by atoms with Crippen LogP contribution in [-0.2, 0) is 21.9 Å². The number of piperidine rings is 2. The van der Waals surface area contributed by atoms with Gasteiger partial charge in [0, 0.05) is 68.6 Å². The average Bonchev–Trinajstić information content (AvgIpc) is 2.96. The fraction of sp³-hybridized carbons (Fsp3) is 0.500. The summed E-state index contributed by atoms with van der Waals surface area (Å²) in [5.74, 6) is -1.91. The van der Waals surface area contributed by atoms with Crippen molar-refractivity contribution in [3.05, 3.63) is 69.2 Å². The van der Waals surface area contributed by atoms with Crippen molar-refractivity contribution in [3.63, 3.8) is 0 Å². The molecule has 0 N–H and O–H groups in total. The second kappa shape index (κ2) is 12.4. The van der Waals surface area contributed by atoms with Gasteiger partial charge in [-0.3, -0.25) is 14.4 Å². The molecular weight excluding hydrogens is 600 g/mol. The molecule has 0 bridgehead atoms. The van der Waals surface area contributed by atoms with E-state index in [1.54, 1.807) is 28.9 Å². The van der Waals surface area contributed by atoms with E-state index in [0.29, 0.717) is 43.1 Å². The summed E-state index contributed by atoms with van der Waals surface area (Å²) >= 11 is 6.23. The van der Waals surface area contributed by atoms with Crippen LogP contribution in [0.1, 0.15) is 64.7 Å². The summed E-state index contributed by atoms with van der Waals surface area (Å²) < 4.78 is 80.9. The molecule has 0 aliphatic carbocycles. The summed E-state index contributed by atoms with van der Waals surface area (Å²) in [6, 6.07) is 5.44. The highest BCUT2D eigenvalue weighted by Gasteiger charge is 2.41. The average molecular weight is 632 g/mol. The van der Waals surface area contributed by atoms with E-state index in [2.05, 4.69) is 0 Å². The molecule has 3 amide bonds. The Morgan fingerprint density at radius 2 is 1.42 bits per heavy atom. The summed E-state index contributed by atoms with van der Waals surface area (Å²) in [4.78, 5) is 43.3. The monoisotopic (exact) mass is 631 g/mol. The number of alkyl halides is 6.